The second-order valence-corrected chi connectivity index (χ2v) is 3.91. The largest absolute Gasteiger partial charge is 0.508 e. The maximum Gasteiger partial charge on any atom is 0.337 e. The number of rotatable bonds is 3. The van der Waals surface area contributed by atoms with Crippen molar-refractivity contribution < 1.29 is 24.9 Å². The highest BCUT2D eigenvalue weighted by atomic mass is 16.5. The summed E-state index contributed by atoms with van der Waals surface area (Å²) >= 11 is 0. The SMILES string of the molecule is COC(=O)C(O)C(O)c1c(C)cc(O)cc1C. The van der Waals surface area contributed by atoms with Crippen LogP contribution in [0.25, 0.3) is 0 Å². The fraction of sp³-hybridized carbons (Fsp3) is 0.417. The topological polar surface area (TPSA) is 87.0 Å². The number of aromatic hydroxyl groups is 1. The van der Waals surface area contributed by atoms with E-state index in [4.69, 9.17) is 0 Å². The molecule has 0 bridgehead atoms. The number of aryl methyl sites for hydroxylation is 2. The second kappa shape index (κ2) is 5.16. The zero-order valence-electron chi connectivity index (χ0n) is 9.97. The monoisotopic (exact) mass is 240 g/mol. The molecule has 0 aromatic heterocycles. The van der Waals surface area contributed by atoms with Gasteiger partial charge in [-0.1, -0.05) is 0 Å². The lowest BCUT2D eigenvalue weighted by Crippen LogP contribution is -2.29. The Hall–Kier alpha value is -1.59. The van der Waals surface area contributed by atoms with Crippen LogP contribution in [0.4, 0.5) is 0 Å². The van der Waals surface area contributed by atoms with Crippen LogP contribution in [-0.2, 0) is 9.53 Å². The van der Waals surface area contributed by atoms with E-state index < -0.39 is 18.2 Å². The molecule has 2 unspecified atom stereocenters. The van der Waals surface area contributed by atoms with Crippen molar-refractivity contribution in [2.24, 2.45) is 0 Å². The molecule has 1 aromatic rings. The van der Waals surface area contributed by atoms with Crippen molar-refractivity contribution in [2.45, 2.75) is 26.1 Å². The summed E-state index contributed by atoms with van der Waals surface area (Å²) in [6.45, 7) is 3.35. The van der Waals surface area contributed by atoms with E-state index in [2.05, 4.69) is 4.74 Å². The normalized spacial score (nSPS) is 14.2. The van der Waals surface area contributed by atoms with Crippen LogP contribution in [0.15, 0.2) is 12.1 Å². The molecule has 0 saturated carbocycles. The number of esters is 1. The number of benzene rings is 1. The summed E-state index contributed by atoms with van der Waals surface area (Å²) in [6, 6.07) is 2.91. The predicted molar refractivity (Wildman–Crippen MR) is 60.6 cm³/mol. The Morgan fingerprint density at radius 3 is 2.12 bits per heavy atom. The van der Waals surface area contributed by atoms with E-state index >= 15 is 0 Å². The Morgan fingerprint density at radius 2 is 1.71 bits per heavy atom. The third-order valence-electron chi connectivity index (χ3n) is 2.62. The quantitative estimate of drug-likeness (QED) is 0.673. The first-order valence-corrected chi connectivity index (χ1v) is 5.12. The van der Waals surface area contributed by atoms with Gasteiger partial charge in [0.25, 0.3) is 0 Å². The standard InChI is InChI=1S/C12H16O5/c1-6-4-8(13)5-7(2)9(6)10(14)11(15)12(16)17-3/h4-5,10-11,13-15H,1-3H3. The van der Waals surface area contributed by atoms with Gasteiger partial charge >= 0.3 is 5.97 Å². The molecule has 2 atom stereocenters. The molecule has 5 nitrogen and oxygen atoms in total. The zero-order valence-corrected chi connectivity index (χ0v) is 9.97. The Balaban J connectivity index is 3.12. The van der Waals surface area contributed by atoms with E-state index in [9.17, 15) is 20.1 Å². The van der Waals surface area contributed by atoms with Crippen molar-refractivity contribution in [2.75, 3.05) is 7.11 Å². The highest BCUT2D eigenvalue weighted by molar-refractivity contribution is 5.75. The first-order valence-electron chi connectivity index (χ1n) is 5.12. The van der Waals surface area contributed by atoms with Gasteiger partial charge in [0.2, 0.25) is 0 Å². The van der Waals surface area contributed by atoms with Crippen LogP contribution in [0, 0.1) is 13.8 Å². The average molecular weight is 240 g/mol. The van der Waals surface area contributed by atoms with Crippen LogP contribution in [0.3, 0.4) is 0 Å². The molecule has 0 spiro atoms. The van der Waals surface area contributed by atoms with E-state index in [0.29, 0.717) is 16.7 Å². The molecule has 0 saturated heterocycles. The molecule has 0 aliphatic heterocycles. The second-order valence-electron chi connectivity index (χ2n) is 3.91. The number of phenols is 1. The van der Waals surface area contributed by atoms with Gasteiger partial charge in [0.15, 0.2) is 6.10 Å². The van der Waals surface area contributed by atoms with Gasteiger partial charge in [-0.25, -0.2) is 4.79 Å². The Kier molecular flexibility index (Phi) is 4.09. The number of phenolic OH excluding ortho intramolecular Hbond substituents is 1. The average Bonchev–Trinajstić information content (AvgIpc) is 2.25. The van der Waals surface area contributed by atoms with Gasteiger partial charge in [0.05, 0.1) is 7.11 Å². The molecule has 0 amide bonds. The van der Waals surface area contributed by atoms with E-state index in [0.717, 1.165) is 7.11 Å². The Morgan fingerprint density at radius 1 is 1.24 bits per heavy atom. The van der Waals surface area contributed by atoms with Crippen molar-refractivity contribution in [3.8, 4) is 5.75 Å². The number of carbonyl (C=O) groups is 1. The molecule has 1 rings (SSSR count). The van der Waals surface area contributed by atoms with E-state index in [1.54, 1.807) is 13.8 Å². The molecular formula is C12H16O5. The number of aliphatic hydroxyl groups is 2. The van der Waals surface area contributed by atoms with Gasteiger partial charge in [-0.05, 0) is 42.7 Å². The van der Waals surface area contributed by atoms with Crippen molar-refractivity contribution in [1.29, 1.82) is 0 Å². The van der Waals surface area contributed by atoms with Crippen LogP contribution >= 0.6 is 0 Å². The summed E-state index contributed by atoms with van der Waals surface area (Å²) in [5.41, 5.74) is 1.61. The highest BCUT2D eigenvalue weighted by Gasteiger charge is 2.28. The van der Waals surface area contributed by atoms with Crippen LogP contribution in [-0.4, -0.2) is 34.5 Å². The van der Waals surface area contributed by atoms with Crippen LogP contribution in [0.2, 0.25) is 0 Å². The summed E-state index contributed by atoms with van der Waals surface area (Å²) in [5, 5.41) is 28.8. The molecule has 1 aromatic carbocycles. The third kappa shape index (κ3) is 2.75. The maximum absolute atomic E-state index is 11.1. The summed E-state index contributed by atoms with van der Waals surface area (Å²) in [5.74, 6) is -0.826. The summed E-state index contributed by atoms with van der Waals surface area (Å²) < 4.78 is 4.36. The summed E-state index contributed by atoms with van der Waals surface area (Å²) in [7, 11) is 1.13. The van der Waals surface area contributed by atoms with Crippen LogP contribution in [0.1, 0.15) is 22.8 Å². The number of hydrogen-bond acceptors (Lipinski definition) is 5. The smallest absolute Gasteiger partial charge is 0.337 e. The molecule has 5 heteroatoms. The minimum absolute atomic E-state index is 0.0727. The number of aliphatic hydroxyl groups excluding tert-OH is 2. The fourth-order valence-electron chi connectivity index (χ4n) is 1.83. The van der Waals surface area contributed by atoms with Gasteiger partial charge in [-0.15, -0.1) is 0 Å². The highest BCUT2D eigenvalue weighted by Crippen LogP contribution is 2.28. The number of ether oxygens (including phenoxy) is 1. The molecule has 94 valence electrons. The van der Waals surface area contributed by atoms with Crippen molar-refractivity contribution >= 4 is 5.97 Å². The molecule has 0 radical (unpaired) electrons. The lowest BCUT2D eigenvalue weighted by molar-refractivity contribution is -0.156. The lowest BCUT2D eigenvalue weighted by atomic mass is 9.94. The lowest BCUT2D eigenvalue weighted by Gasteiger charge is -2.20. The van der Waals surface area contributed by atoms with Gasteiger partial charge in [-0.2, -0.15) is 0 Å². The molecule has 0 aliphatic rings. The molecule has 3 N–H and O–H groups in total. The van der Waals surface area contributed by atoms with E-state index in [1.165, 1.54) is 12.1 Å². The minimum Gasteiger partial charge on any atom is -0.508 e. The Bertz CT molecular complexity index is 404. The van der Waals surface area contributed by atoms with E-state index in [-0.39, 0.29) is 5.75 Å². The molecule has 17 heavy (non-hydrogen) atoms. The first-order chi connectivity index (χ1) is 7.88. The summed E-state index contributed by atoms with van der Waals surface area (Å²) in [6.07, 6.45) is -3.01. The van der Waals surface area contributed by atoms with Crippen LogP contribution in [0.5, 0.6) is 5.75 Å². The predicted octanol–water partition coefficient (Wildman–Crippen LogP) is 0.576. The van der Waals surface area contributed by atoms with E-state index in [1.807, 2.05) is 0 Å². The van der Waals surface area contributed by atoms with Gasteiger partial charge < -0.3 is 20.1 Å². The fourth-order valence-corrected chi connectivity index (χ4v) is 1.83. The molecule has 0 aliphatic carbocycles. The van der Waals surface area contributed by atoms with Gasteiger partial charge in [-0.3, -0.25) is 0 Å². The Labute approximate surface area is 99.3 Å². The van der Waals surface area contributed by atoms with Crippen molar-refractivity contribution in [3.05, 3.63) is 28.8 Å². The maximum atomic E-state index is 11.1. The number of methoxy groups -OCH3 is 1. The summed E-state index contributed by atoms with van der Waals surface area (Å²) in [4.78, 5) is 11.1. The minimum atomic E-state index is -1.64. The van der Waals surface area contributed by atoms with Crippen LogP contribution < -0.4 is 0 Å². The zero-order chi connectivity index (χ0) is 13.2. The van der Waals surface area contributed by atoms with Crippen molar-refractivity contribution in [1.82, 2.24) is 0 Å². The number of hydrogen-bond donors (Lipinski definition) is 3. The molecule has 0 fully saturated rings. The van der Waals surface area contributed by atoms with Gasteiger partial charge in [0, 0.05) is 0 Å². The molecule has 0 heterocycles. The van der Waals surface area contributed by atoms with Gasteiger partial charge in [0.1, 0.15) is 11.9 Å². The third-order valence-corrected chi connectivity index (χ3v) is 2.62. The van der Waals surface area contributed by atoms with Crippen molar-refractivity contribution in [3.63, 3.8) is 0 Å². The molecular weight excluding hydrogens is 224 g/mol. The first kappa shape index (κ1) is 13.5. The number of carbonyl (C=O) groups excluding carboxylic acids is 1.